The Labute approximate surface area is 143 Å². The van der Waals surface area contributed by atoms with E-state index in [9.17, 15) is 8.42 Å². The number of para-hydroxylation sites is 1. The molecule has 1 aromatic rings. The van der Waals surface area contributed by atoms with Gasteiger partial charge in [-0.3, -0.25) is 4.72 Å². The van der Waals surface area contributed by atoms with Gasteiger partial charge in [-0.05, 0) is 44.2 Å². The summed E-state index contributed by atoms with van der Waals surface area (Å²) in [6, 6.07) is 6.66. The quantitative estimate of drug-likeness (QED) is 0.706. The maximum absolute atomic E-state index is 12.7. The third-order valence-corrected chi connectivity index (χ3v) is 6.09. The molecule has 1 aromatic carbocycles. The molecule has 130 valence electrons. The molecule has 1 heterocycles. The number of rotatable bonds is 0. The highest BCUT2D eigenvalue weighted by molar-refractivity contribution is 7.89. The van der Waals surface area contributed by atoms with E-state index in [1.54, 1.807) is 18.2 Å². The van der Waals surface area contributed by atoms with Crippen molar-refractivity contribution >= 4 is 10.0 Å². The first kappa shape index (κ1) is 17.0. The molecular weight excluding hydrogens is 324 g/mol. The fraction of sp³-hybridized carbons (Fsp3) is 0.444. The van der Waals surface area contributed by atoms with Crippen molar-refractivity contribution in [3.63, 3.8) is 0 Å². The predicted molar refractivity (Wildman–Crippen MR) is 94.0 cm³/mol. The first-order valence-electron chi connectivity index (χ1n) is 8.33. The van der Waals surface area contributed by atoms with Crippen LogP contribution in [0.1, 0.15) is 32.1 Å². The summed E-state index contributed by atoms with van der Waals surface area (Å²) < 4.78 is 33.7. The summed E-state index contributed by atoms with van der Waals surface area (Å²) >= 11 is 0. The number of allylic oxidation sites excluding steroid dienone is 1. The van der Waals surface area contributed by atoms with E-state index in [1.807, 2.05) is 0 Å². The van der Waals surface area contributed by atoms with Crippen LogP contribution in [0.15, 0.2) is 53.6 Å². The summed E-state index contributed by atoms with van der Waals surface area (Å²) in [5.41, 5.74) is 5.95. The van der Waals surface area contributed by atoms with E-state index in [2.05, 4.69) is 23.5 Å². The number of nitrogens with two attached hydrogens (primary N) is 1. The average molecular weight is 348 g/mol. The van der Waals surface area contributed by atoms with E-state index in [0.29, 0.717) is 24.5 Å². The van der Waals surface area contributed by atoms with Gasteiger partial charge >= 0.3 is 0 Å². The lowest BCUT2D eigenvalue weighted by Crippen LogP contribution is -2.37. The van der Waals surface area contributed by atoms with Gasteiger partial charge in [0.15, 0.2) is 0 Å². The normalized spacial score (nSPS) is 31.2. The van der Waals surface area contributed by atoms with Crippen molar-refractivity contribution in [2.24, 2.45) is 11.7 Å². The summed E-state index contributed by atoms with van der Waals surface area (Å²) in [4.78, 5) is 0.123. The van der Waals surface area contributed by atoms with Crippen LogP contribution in [0, 0.1) is 5.92 Å². The zero-order valence-electron chi connectivity index (χ0n) is 13.7. The van der Waals surface area contributed by atoms with Gasteiger partial charge in [-0.25, -0.2) is 8.42 Å². The molecule has 6 heteroatoms. The third-order valence-electron chi connectivity index (χ3n) is 4.66. The molecule has 1 aliphatic heterocycles. The van der Waals surface area contributed by atoms with Crippen molar-refractivity contribution in [1.82, 2.24) is 4.72 Å². The lowest BCUT2D eigenvalue weighted by molar-refractivity contribution is 0.298. The van der Waals surface area contributed by atoms with Gasteiger partial charge in [0.2, 0.25) is 0 Å². The standard InChI is InChI=1S/C18H24N2O3S/c1-14-18(19)13-15(18)9-5-3-2-4-8-12-23-16-10-6-7-11-17(16)24(21,22)20-14/h5-7,9-11,15,20H,1-4,8,12-13,19H2/b9-5-/t15-,18+/m1/s1. The molecule has 0 saturated heterocycles. The minimum Gasteiger partial charge on any atom is -0.492 e. The minimum atomic E-state index is -3.77. The van der Waals surface area contributed by atoms with Crippen molar-refractivity contribution in [2.75, 3.05) is 6.61 Å². The van der Waals surface area contributed by atoms with Crippen LogP contribution < -0.4 is 15.2 Å². The molecule has 2 aliphatic rings. The molecular formula is C18H24N2O3S. The number of hydrogen-bond acceptors (Lipinski definition) is 4. The van der Waals surface area contributed by atoms with Gasteiger partial charge in [-0.15, -0.1) is 0 Å². The summed E-state index contributed by atoms with van der Waals surface area (Å²) in [5, 5.41) is 0. The average Bonchev–Trinajstić information content (AvgIpc) is 3.21. The highest BCUT2D eigenvalue weighted by atomic mass is 32.2. The summed E-state index contributed by atoms with van der Waals surface area (Å²) in [6.07, 6.45) is 8.96. The zero-order valence-corrected chi connectivity index (χ0v) is 14.5. The minimum absolute atomic E-state index is 0.123. The lowest BCUT2D eigenvalue weighted by atomic mass is 10.1. The van der Waals surface area contributed by atoms with Crippen molar-refractivity contribution in [1.29, 1.82) is 0 Å². The topological polar surface area (TPSA) is 81.4 Å². The van der Waals surface area contributed by atoms with Crippen LogP contribution in [0.2, 0.25) is 0 Å². The van der Waals surface area contributed by atoms with Gasteiger partial charge < -0.3 is 10.5 Å². The monoisotopic (exact) mass is 348 g/mol. The number of fused-ring (bicyclic) bond motifs is 2. The summed E-state index contributed by atoms with van der Waals surface area (Å²) in [5.74, 6) is 0.508. The Morgan fingerprint density at radius 3 is 2.88 bits per heavy atom. The van der Waals surface area contributed by atoms with E-state index in [-0.39, 0.29) is 10.8 Å². The van der Waals surface area contributed by atoms with Crippen LogP contribution in [-0.4, -0.2) is 20.6 Å². The second-order valence-electron chi connectivity index (χ2n) is 6.51. The molecule has 5 nitrogen and oxygen atoms in total. The van der Waals surface area contributed by atoms with Crippen molar-refractivity contribution in [3.05, 3.63) is 48.7 Å². The predicted octanol–water partition coefficient (Wildman–Crippen LogP) is 2.71. The van der Waals surface area contributed by atoms with Gasteiger partial charge in [0, 0.05) is 11.6 Å². The van der Waals surface area contributed by atoms with E-state index in [4.69, 9.17) is 10.5 Å². The zero-order chi connectivity index (χ0) is 17.2. The second kappa shape index (κ2) is 6.61. The molecule has 1 aliphatic carbocycles. The van der Waals surface area contributed by atoms with Crippen LogP contribution in [0.5, 0.6) is 5.75 Å². The molecule has 1 saturated carbocycles. The summed E-state index contributed by atoms with van der Waals surface area (Å²) in [6.45, 7) is 4.38. The maximum atomic E-state index is 12.7. The Bertz CT molecular complexity index is 757. The molecule has 3 rings (SSSR count). The Hall–Kier alpha value is -1.79. The number of ether oxygens (including phenoxy) is 1. The van der Waals surface area contributed by atoms with Crippen LogP contribution in [-0.2, 0) is 10.0 Å². The van der Waals surface area contributed by atoms with Gasteiger partial charge in [0.1, 0.15) is 10.6 Å². The van der Waals surface area contributed by atoms with Crippen molar-refractivity contribution in [2.45, 2.75) is 42.5 Å². The smallest absolute Gasteiger partial charge is 0.265 e. The third kappa shape index (κ3) is 3.49. The Morgan fingerprint density at radius 2 is 2.04 bits per heavy atom. The lowest BCUT2D eigenvalue weighted by Gasteiger charge is -2.18. The van der Waals surface area contributed by atoms with Crippen LogP contribution in [0.3, 0.4) is 0 Å². The van der Waals surface area contributed by atoms with E-state index in [0.717, 1.165) is 25.7 Å². The van der Waals surface area contributed by atoms with Crippen LogP contribution in [0.25, 0.3) is 0 Å². The molecule has 1 fully saturated rings. The molecule has 2 atom stereocenters. The number of hydrogen-bond donors (Lipinski definition) is 2. The number of benzene rings is 1. The Balaban J connectivity index is 1.89. The van der Waals surface area contributed by atoms with Crippen LogP contribution >= 0.6 is 0 Å². The van der Waals surface area contributed by atoms with Gasteiger partial charge in [0.05, 0.1) is 12.1 Å². The first-order chi connectivity index (χ1) is 11.4. The van der Waals surface area contributed by atoms with Crippen molar-refractivity contribution in [3.8, 4) is 5.75 Å². The fourth-order valence-corrected chi connectivity index (χ4v) is 4.25. The van der Waals surface area contributed by atoms with Gasteiger partial charge in [0.25, 0.3) is 10.0 Å². The summed E-state index contributed by atoms with van der Waals surface area (Å²) in [7, 11) is -3.77. The maximum Gasteiger partial charge on any atom is 0.265 e. The van der Waals surface area contributed by atoms with Gasteiger partial charge in [-0.2, -0.15) is 0 Å². The molecule has 0 unspecified atom stereocenters. The molecule has 0 bridgehead atoms. The number of nitrogens with one attached hydrogen (secondary N) is 1. The molecule has 0 spiro atoms. The molecule has 3 N–H and O–H groups in total. The molecule has 0 radical (unpaired) electrons. The fourth-order valence-electron chi connectivity index (χ4n) is 2.98. The second-order valence-corrected chi connectivity index (χ2v) is 8.16. The highest BCUT2D eigenvalue weighted by Crippen LogP contribution is 2.46. The highest BCUT2D eigenvalue weighted by Gasteiger charge is 2.52. The first-order valence-corrected chi connectivity index (χ1v) is 9.81. The SMILES string of the molecule is C=C1NS(=O)(=O)c2ccccc2OCCCCC/C=C\[C@@H]2C[C@]12N. The Morgan fingerprint density at radius 1 is 1.25 bits per heavy atom. The van der Waals surface area contributed by atoms with E-state index < -0.39 is 15.6 Å². The molecule has 24 heavy (non-hydrogen) atoms. The largest absolute Gasteiger partial charge is 0.492 e. The molecule has 0 amide bonds. The van der Waals surface area contributed by atoms with Gasteiger partial charge in [-0.1, -0.05) is 30.9 Å². The van der Waals surface area contributed by atoms with Crippen LogP contribution in [0.4, 0.5) is 0 Å². The van der Waals surface area contributed by atoms with E-state index in [1.165, 1.54) is 6.07 Å². The van der Waals surface area contributed by atoms with E-state index >= 15 is 0 Å². The van der Waals surface area contributed by atoms with Crippen molar-refractivity contribution < 1.29 is 13.2 Å². The molecule has 0 aromatic heterocycles. The number of sulfonamides is 1. The Kier molecular flexibility index (Phi) is 4.69.